The van der Waals surface area contributed by atoms with Crippen molar-refractivity contribution in [2.24, 2.45) is 0 Å². The van der Waals surface area contributed by atoms with Gasteiger partial charge in [-0.3, -0.25) is 4.79 Å². The second kappa shape index (κ2) is 6.48. The van der Waals surface area contributed by atoms with E-state index in [1.807, 2.05) is 30.9 Å². The van der Waals surface area contributed by atoms with Crippen molar-refractivity contribution in [1.29, 1.82) is 0 Å². The smallest absolute Gasteiger partial charge is 0.233 e. The van der Waals surface area contributed by atoms with Crippen LogP contribution in [-0.2, 0) is 9.53 Å². The van der Waals surface area contributed by atoms with Crippen molar-refractivity contribution < 1.29 is 9.53 Å². The van der Waals surface area contributed by atoms with E-state index in [1.165, 1.54) is 11.8 Å². The normalized spacial score (nSPS) is 22.2. The van der Waals surface area contributed by atoms with E-state index >= 15 is 0 Å². The molecule has 1 aromatic carbocycles. The zero-order valence-corrected chi connectivity index (χ0v) is 14.1. The zero-order valence-electron chi connectivity index (χ0n) is 12.5. The Morgan fingerprint density at radius 2 is 2.18 bits per heavy atom. The Kier molecular flexibility index (Phi) is 4.61. The number of H-pyrrole nitrogens is 1. The average molecular weight is 340 g/mol. The van der Waals surface area contributed by atoms with Gasteiger partial charge in [0.15, 0.2) is 5.16 Å². The topological polar surface area (TPSA) is 58.2 Å². The van der Waals surface area contributed by atoms with Crippen molar-refractivity contribution in [1.82, 2.24) is 14.9 Å². The summed E-state index contributed by atoms with van der Waals surface area (Å²) in [5.41, 5.74) is 1.74. The predicted octanol–water partition coefficient (Wildman–Crippen LogP) is 2.94. The molecule has 0 aliphatic carbocycles. The Hall–Kier alpha value is -1.24. The molecule has 2 aromatic rings. The summed E-state index contributed by atoms with van der Waals surface area (Å²) in [4.78, 5) is 21.8. The van der Waals surface area contributed by atoms with Gasteiger partial charge >= 0.3 is 0 Å². The van der Waals surface area contributed by atoms with Crippen LogP contribution in [0.2, 0.25) is 5.02 Å². The Morgan fingerprint density at radius 1 is 1.45 bits per heavy atom. The van der Waals surface area contributed by atoms with Crippen LogP contribution < -0.4 is 0 Å². The lowest BCUT2D eigenvalue weighted by atomic mass is 10.2. The minimum atomic E-state index is 0.0889. The summed E-state index contributed by atoms with van der Waals surface area (Å²) < 4.78 is 5.65. The van der Waals surface area contributed by atoms with Crippen molar-refractivity contribution in [2.45, 2.75) is 31.2 Å². The maximum Gasteiger partial charge on any atom is 0.233 e. The van der Waals surface area contributed by atoms with E-state index in [0.717, 1.165) is 16.2 Å². The van der Waals surface area contributed by atoms with Crippen molar-refractivity contribution in [3.05, 3.63) is 23.2 Å². The number of thioether (sulfide) groups is 1. The minimum absolute atomic E-state index is 0.0889. The van der Waals surface area contributed by atoms with Gasteiger partial charge in [0, 0.05) is 18.1 Å². The number of rotatable bonds is 3. The Balaban J connectivity index is 1.62. The van der Waals surface area contributed by atoms with Crippen LogP contribution in [0.15, 0.2) is 23.4 Å². The number of carbonyl (C=O) groups excluding carboxylic acids is 1. The molecule has 1 amide bonds. The molecular formula is C15H18ClN3O2S. The fraction of sp³-hybridized carbons (Fsp3) is 0.467. The first-order valence-corrected chi connectivity index (χ1v) is 8.59. The van der Waals surface area contributed by atoms with Crippen molar-refractivity contribution in [3.8, 4) is 0 Å². The van der Waals surface area contributed by atoms with Crippen LogP contribution in [0.25, 0.3) is 11.0 Å². The molecular weight excluding hydrogens is 322 g/mol. The first-order valence-electron chi connectivity index (χ1n) is 7.22. The number of ether oxygens (including phenoxy) is 1. The molecule has 5 nitrogen and oxygen atoms in total. The first-order chi connectivity index (χ1) is 10.5. The third-order valence-electron chi connectivity index (χ3n) is 3.53. The third-order valence-corrected chi connectivity index (χ3v) is 4.62. The van der Waals surface area contributed by atoms with Gasteiger partial charge in [0.1, 0.15) is 0 Å². The number of morpholine rings is 1. The van der Waals surface area contributed by atoms with Gasteiger partial charge in [0.2, 0.25) is 5.91 Å². The first kappa shape index (κ1) is 15.6. The number of fused-ring (bicyclic) bond motifs is 1. The summed E-state index contributed by atoms with van der Waals surface area (Å²) in [5, 5.41) is 1.40. The maximum atomic E-state index is 12.3. The highest BCUT2D eigenvalue weighted by atomic mass is 35.5. The number of nitrogens with zero attached hydrogens (tertiary/aromatic N) is 2. The summed E-state index contributed by atoms with van der Waals surface area (Å²) in [5.74, 6) is 0.484. The number of hydrogen-bond donors (Lipinski definition) is 1. The number of aromatic amines is 1. The molecule has 1 saturated heterocycles. The number of aromatic nitrogens is 2. The van der Waals surface area contributed by atoms with E-state index in [-0.39, 0.29) is 18.1 Å². The van der Waals surface area contributed by atoms with Crippen molar-refractivity contribution >= 4 is 40.3 Å². The zero-order chi connectivity index (χ0) is 15.7. The van der Waals surface area contributed by atoms with Crippen LogP contribution in [0.1, 0.15) is 13.8 Å². The molecule has 0 radical (unpaired) electrons. The van der Waals surface area contributed by atoms with Crippen molar-refractivity contribution in [2.75, 3.05) is 18.8 Å². The molecule has 1 aromatic heterocycles. The van der Waals surface area contributed by atoms with Gasteiger partial charge in [-0.2, -0.15) is 0 Å². The quantitative estimate of drug-likeness (QED) is 0.873. The number of halogens is 1. The molecule has 118 valence electrons. The van der Waals surface area contributed by atoms with Gasteiger partial charge in [-0.05, 0) is 32.0 Å². The molecule has 1 aliphatic heterocycles. The largest absolute Gasteiger partial charge is 0.372 e. The standard InChI is InChI=1S/C15H18ClN3O2S/c1-9-6-19(7-10(2)21-9)14(20)8-22-15-17-12-4-3-11(16)5-13(12)18-15/h3-5,9-10H,6-8H2,1-2H3,(H,17,18)/t9-,10-/m1/s1. The maximum absolute atomic E-state index is 12.3. The van der Waals surface area contributed by atoms with E-state index in [1.54, 1.807) is 6.07 Å². The highest BCUT2D eigenvalue weighted by molar-refractivity contribution is 7.99. The summed E-state index contributed by atoms with van der Waals surface area (Å²) >= 11 is 7.37. The average Bonchev–Trinajstić information content (AvgIpc) is 2.85. The summed E-state index contributed by atoms with van der Waals surface area (Å²) in [6.07, 6.45) is 0.178. The van der Waals surface area contributed by atoms with Crippen LogP contribution in [0, 0.1) is 0 Å². The van der Waals surface area contributed by atoms with E-state index < -0.39 is 0 Å². The second-order valence-electron chi connectivity index (χ2n) is 5.55. The molecule has 1 N–H and O–H groups in total. The Labute approximate surface area is 138 Å². The van der Waals surface area contributed by atoms with Gasteiger partial charge in [-0.25, -0.2) is 4.98 Å². The fourth-order valence-electron chi connectivity index (χ4n) is 2.63. The summed E-state index contributed by atoms with van der Waals surface area (Å²) in [7, 11) is 0. The molecule has 0 bridgehead atoms. The number of amides is 1. The lowest BCUT2D eigenvalue weighted by Gasteiger charge is -2.35. The van der Waals surface area contributed by atoms with E-state index in [0.29, 0.717) is 23.9 Å². The van der Waals surface area contributed by atoms with E-state index in [4.69, 9.17) is 16.3 Å². The Bertz CT molecular complexity index is 680. The number of nitrogens with one attached hydrogen (secondary N) is 1. The van der Waals surface area contributed by atoms with Gasteiger partial charge < -0.3 is 14.6 Å². The van der Waals surface area contributed by atoms with Gasteiger partial charge in [0.05, 0.1) is 29.0 Å². The number of benzene rings is 1. The Morgan fingerprint density at radius 3 is 2.91 bits per heavy atom. The summed E-state index contributed by atoms with van der Waals surface area (Å²) in [6.45, 7) is 5.29. The van der Waals surface area contributed by atoms with Crippen molar-refractivity contribution in [3.63, 3.8) is 0 Å². The predicted molar refractivity (Wildman–Crippen MR) is 88.4 cm³/mol. The van der Waals surface area contributed by atoms with Crippen LogP contribution in [0.5, 0.6) is 0 Å². The molecule has 3 rings (SSSR count). The SMILES string of the molecule is C[C@@H]1CN(C(=O)CSc2nc3ccc(Cl)cc3[nH]2)C[C@@H](C)O1. The summed E-state index contributed by atoms with van der Waals surface area (Å²) in [6, 6.07) is 5.51. The molecule has 1 fully saturated rings. The monoisotopic (exact) mass is 339 g/mol. The van der Waals surface area contributed by atoms with E-state index in [9.17, 15) is 4.79 Å². The van der Waals surface area contributed by atoms with Crippen LogP contribution in [0.3, 0.4) is 0 Å². The lowest BCUT2D eigenvalue weighted by Crippen LogP contribution is -2.48. The second-order valence-corrected chi connectivity index (χ2v) is 6.95. The molecule has 0 spiro atoms. The minimum Gasteiger partial charge on any atom is -0.372 e. The molecule has 0 unspecified atom stereocenters. The number of hydrogen-bond acceptors (Lipinski definition) is 4. The highest BCUT2D eigenvalue weighted by Gasteiger charge is 2.25. The van der Waals surface area contributed by atoms with Crippen LogP contribution in [-0.4, -0.2) is 51.8 Å². The molecule has 7 heteroatoms. The number of imidazole rings is 1. The molecule has 2 atom stereocenters. The molecule has 22 heavy (non-hydrogen) atoms. The van der Waals surface area contributed by atoms with Crippen LogP contribution >= 0.6 is 23.4 Å². The number of carbonyl (C=O) groups is 1. The lowest BCUT2D eigenvalue weighted by molar-refractivity contribution is -0.140. The molecule has 1 aliphatic rings. The van der Waals surface area contributed by atoms with Gasteiger partial charge in [0.25, 0.3) is 0 Å². The fourth-order valence-corrected chi connectivity index (χ4v) is 3.59. The highest BCUT2D eigenvalue weighted by Crippen LogP contribution is 2.23. The van der Waals surface area contributed by atoms with Crippen LogP contribution in [0.4, 0.5) is 0 Å². The third kappa shape index (κ3) is 3.56. The molecule has 0 saturated carbocycles. The van der Waals surface area contributed by atoms with Gasteiger partial charge in [-0.15, -0.1) is 0 Å². The molecule has 2 heterocycles. The van der Waals surface area contributed by atoms with Gasteiger partial charge in [-0.1, -0.05) is 23.4 Å². The van der Waals surface area contributed by atoms with E-state index in [2.05, 4.69) is 9.97 Å².